The van der Waals surface area contributed by atoms with E-state index in [2.05, 4.69) is 16.0 Å². The summed E-state index contributed by atoms with van der Waals surface area (Å²) in [5.74, 6) is 0. The van der Waals surface area contributed by atoms with Gasteiger partial charge in [0.2, 0.25) is 10.0 Å². The monoisotopic (exact) mass is 477 g/mol. The number of morpholine rings is 1. The van der Waals surface area contributed by atoms with Gasteiger partial charge in [-0.15, -0.1) is 0 Å². The highest BCUT2D eigenvalue weighted by molar-refractivity contribution is 7.89. The van der Waals surface area contributed by atoms with Crippen LogP contribution in [0, 0.1) is 0 Å². The SMILES string of the molecule is O=S(=O)(c1ccc(-c2ccc3cccnc3c2)cc1)N1CCC2(CC1)CN(C1CCC1)CCO2. The van der Waals surface area contributed by atoms with Gasteiger partial charge in [-0.05, 0) is 61.1 Å². The second-order valence-corrected chi connectivity index (χ2v) is 11.9. The molecule has 1 saturated carbocycles. The third-order valence-electron chi connectivity index (χ3n) is 7.93. The van der Waals surface area contributed by atoms with Crippen molar-refractivity contribution in [1.82, 2.24) is 14.2 Å². The van der Waals surface area contributed by atoms with Gasteiger partial charge in [0.15, 0.2) is 0 Å². The van der Waals surface area contributed by atoms with Crippen LogP contribution in [0.15, 0.2) is 65.7 Å². The Kier molecular flexibility index (Phi) is 5.68. The van der Waals surface area contributed by atoms with Crippen LogP contribution in [0.2, 0.25) is 0 Å². The molecule has 0 unspecified atom stereocenters. The van der Waals surface area contributed by atoms with Crippen LogP contribution in [-0.2, 0) is 14.8 Å². The highest BCUT2D eigenvalue weighted by Gasteiger charge is 2.44. The number of sulfonamides is 1. The predicted molar refractivity (Wildman–Crippen MR) is 133 cm³/mol. The molecule has 3 aromatic rings. The van der Waals surface area contributed by atoms with Crippen molar-refractivity contribution in [2.45, 2.75) is 48.6 Å². The van der Waals surface area contributed by atoms with Crippen molar-refractivity contribution < 1.29 is 13.2 Å². The summed E-state index contributed by atoms with van der Waals surface area (Å²) in [7, 11) is -3.52. The number of aromatic nitrogens is 1. The van der Waals surface area contributed by atoms with Crippen molar-refractivity contribution in [2.75, 3.05) is 32.8 Å². The number of benzene rings is 2. The van der Waals surface area contributed by atoms with Gasteiger partial charge in [0.25, 0.3) is 0 Å². The smallest absolute Gasteiger partial charge is 0.243 e. The lowest BCUT2D eigenvalue weighted by Crippen LogP contribution is -2.60. The number of hydrogen-bond donors (Lipinski definition) is 0. The maximum absolute atomic E-state index is 13.4. The van der Waals surface area contributed by atoms with Crippen LogP contribution in [-0.4, -0.2) is 67.0 Å². The zero-order valence-corrected chi connectivity index (χ0v) is 20.2. The van der Waals surface area contributed by atoms with Gasteiger partial charge in [-0.25, -0.2) is 8.42 Å². The first-order valence-corrected chi connectivity index (χ1v) is 13.8. The lowest BCUT2D eigenvalue weighted by Gasteiger charge is -2.50. The van der Waals surface area contributed by atoms with Gasteiger partial charge in [-0.1, -0.05) is 36.8 Å². The quantitative estimate of drug-likeness (QED) is 0.560. The molecule has 178 valence electrons. The summed E-state index contributed by atoms with van der Waals surface area (Å²) in [4.78, 5) is 7.36. The number of piperidine rings is 1. The number of hydrogen-bond acceptors (Lipinski definition) is 5. The van der Waals surface area contributed by atoms with Gasteiger partial charge < -0.3 is 4.74 Å². The van der Waals surface area contributed by atoms with E-state index in [9.17, 15) is 8.42 Å². The Morgan fingerprint density at radius 2 is 1.71 bits per heavy atom. The van der Waals surface area contributed by atoms with Gasteiger partial charge in [0.1, 0.15) is 0 Å². The van der Waals surface area contributed by atoms with E-state index in [1.165, 1.54) is 19.3 Å². The minimum atomic E-state index is -3.52. The van der Waals surface area contributed by atoms with Crippen molar-refractivity contribution in [3.8, 4) is 11.1 Å². The van der Waals surface area contributed by atoms with E-state index in [-0.39, 0.29) is 5.60 Å². The van der Waals surface area contributed by atoms with Crippen LogP contribution in [0.4, 0.5) is 0 Å². The van der Waals surface area contributed by atoms with E-state index >= 15 is 0 Å². The number of ether oxygens (including phenoxy) is 1. The van der Waals surface area contributed by atoms with Crippen molar-refractivity contribution in [2.24, 2.45) is 0 Å². The van der Waals surface area contributed by atoms with Crippen molar-refractivity contribution in [1.29, 1.82) is 0 Å². The summed E-state index contributed by atoms with van der Waals surface area (Å²) in [5, 5.41) is 1.09. The molecule has 0 amide bonds. The maximum atomic E-state index is 13.4. The molecule has 1 aliphatic carbocycles. The Balaban J connectivity index is 1.15. The molecule has 34 heavy (non-hydrogen) atoms. The third-order valence-corrected chi connectivity index (χ3v) is 9.85. The van der Waals surface area contributed by atoms with E-state index in [1.54, 1.807) is 22.6 Å². The van der Waals surface area contributed by atoms with Gasteiger partial charge in [0.05, 0.1) is 22.6 Å². The first-order valence-electron chi connectivity index (χ1n) is 12.4. The summed E-state index contributed by atoms with van der Waals surface area (Å²) >= 11 is 0. The maximum Gasteiger partial charge on any atom is 0.243 e. The molecule has 1 aromatic heterocycles. The summed E-state index contributed by atoms with van der Waals surface area (Å²) in [6, 6.07) is 18.1. The molecule has 6 rings (SSSR count). The highest BCUT2D eigenvalue weighted by Crippen LogP contribution is 2.36. The molecule has 6 nitrogen and oxygen atoms in total. The number of pyridine rings is 1. The van der Waals surface area contributed by atoms with Gasteiger partial charge in [0, 0.05) is 43.8 Å². The number of rotatable bonds is 4. The van der Waals surface area contributed by atoms with Crippen LogP contribution in [0.5, 0.6) is 0 Å². The molecule has 0 atom stereocenters. The van der Waals surface area contributed by atoms with Crippen molar-refractivity contribution in [3.05, 3.63) is 60.8 Å². The third kappa shape index (κ3) is 4.05. The molecule has 3 aliphatic rings. The fourth-order valence-electron chi connectivity index (χ4n) is 5.59. The van der Waals surface area contributed by atoms with Gasteiger partial charge >= 0.3 is 0 Å². The fraction of sp³-hybridized carbons (Fsp3) is 0.444. The fourth-order valence-corrected chi connectivity index (χ4v) is 7.03. The number of fused-ring (bicyclic) bond motifs is 1. The minimum absolute atomic E-state index is 0.187. The van der Waals surface area contributed by atoms with E-state index in [1.807, 2.05) is 36.4 Å². The molecule has 0 N–H and O–H groups in total. The van der Waals surface area contributed by atoms with Crippen LogP contribution in [0.25, 0.3) is 22.0 Å². The second-order valence-electron chi connectivity index (χ2n) is 9.93. The molecule has 0 bridgehead atoms. The van der Waals surface area contributed by atoms with Crippen LogP contribution < -0.4 is 0 Å². The molecule has 3 heterocycles. The Bertz CT molecular complexity index is 1280. The summed E-state index contributed by atoms with van der Waals surface area (Å²) in [6.45, 7) is 3.74. The Labute approximate surface area is 201 Å². The Morgan fingerprint density at radius 3 is 2.44 bits per heavy atom. The van der Waals surface area contributed by atoms with E-state index < -0.39 is 10.0 Å². The first kappa shape index (κ1) is 22.2. The minimum Gasteiger partial charge on any atom is -0.372 e. The standard InChI is InChI=1S/C27H31N3O3S/c31-34(32,30-15-12-27(13-16-30)20-29(17-18-33-27)24-4-1-5-24)25-10-8-21(9-11-25)23-7-6-22-3-2-14-28-26(22)19-23/h2-3,6-11,14,19,24H,1,4-5,12-13,15-18,20H2. The molecule has 2 aromatic carbocycles. The van der Waals surface area contributed by atoms with E-state index in [0.717, 1.165) is 54.6 Å². The average molecular weight is 478 g/mol. The van der Waals surface area contributed by atoms with Crippen molar-refractivity contribution in [3.63, 3.8) is 0 Å². The zero-order chi connectivity index (χ0) is 23.2. The normalized spacial score (nSPS) is 22.1. The topological polar surface area (TPSA) is 62.7 Å². The molecular weight excluding hydrogens is 446 g/mol. The van der Waals surface area contributed by atoms with E-state index in [4.69, 9.17) is 4.74 Å². The van der Waals surface area contributed by atoms with Gasteiger partial charge in [-0.2, -0.15) is 4.31 Å². The molecule has 0 radical (unpaired) electrons. The number of nitrogens with zero attached hydrogens (tertiary/aromatic N) is 3. The molecule has 2 aliphatic heterocycles. The molecule has 1 spiro atoms. The van der Waals surface area contributed by atoms with E-state index in [0.29, 0.717) is 24.0 Å². The zero-order valence-electron chi connectivity index (χ0n) is 19.4. The molecular formula is C27H31N3O3S. The van der Waals surface area contributed by atoms with Crippen LogP contribution >= 0.6 is 0 Å². The Morgan fingerprint density at radius 1 is 0.941 bits per heavy atom. The molecule has 3 fully saturated rings. The summed E-state index contributed by atoms with van der Waals surface area (Å²) < 4.78 is 34.6. The largest absolute Gasteiger partial charge is 0.372 e. The van der Waals surface area contributed by atoms with Crippen molar-refractivity contribution >= 4 is 20.9 Å². The highest BCUT2D eigenvalue weighted by atomic mass is 32.2. The molecule has 7 heteroatoms. The van der Waals surface area contributed by atoms with Crippen LogP contribution in [0.3, 0.4) is 0 Å². The second kappa shape index (κ2) is 8.72. The summed E-state index contributed by atoms with van der Waals surface area (Å²) in [5.41, 5.74) is 2.75. The predicted octanol–water partition coefficient (Wildman–Crippen LogP) is 4.31. The lowest BCUT2D eigenvalue weighted by molar-refractivity contribution is -0.143. The van der Waals surface area contributed by atoms with Crippen LogP contribution in [0.1, 0.15) is 32.1 Å². The average Bonchev–Trinajstić information content (AvgIpc) is 2.83. The Hall–Kier alpha value is -2.32. The summed E-state index contributed by atoms with van der Waals surface area (Å²) in [6.07, 6.45) is 7.23. The molecule has 2 saturated heterocycles. The first-order chi connectivity index (χ1) is 16.5. The van der Waals surface area contributed by atoms with Gasteiger partial charge in [-0.3, -0.25) is 9.88 Å². The lowest BCUT2D eigenvalue weighted by atomic mass is 9.86.